The molecule has 0 bridgehead atoms. The Labute approximate surface area is 211 Å². The van der Waals surface area contributed by atoms with E-state index in [1.807, 2.05) is 47.2 Å². The van der Waals surface area contributed by atoms with Gasteiger partial charge < -0.3 is 19.7 Å². The van der Waals surface area contributed by atoms with Crippen molar-refractivity contribution in [2.24, 2.45) is 0 Å². The van der Waals surface area contributed by atoms with Gasteiger partial charge in [0.1, 0.15) is 12.4 Å². The van der Waals surface area contributed by atoms with Gasteiger partial charge in [-0.05, 0) is 34.6 Å². The number of benzene rings is 2. The highest BCUT2D eigenvalue weighted by molar-refractivity contribution is 14.1. The number of fused-ring (bicyclic) bond motifs is 1. The molecule has 1 heterocycles. The van der Waals surface area contributed by atoms with Crippen LogP contribution in [0, 0.1) is 0 Å². The van der Waals surface area contributed by atoms with Crippen molar-refractivity contribution in [3.8, 4) is 5.75 Å². The number of halogens is 3. The van der Waals surface area contributed by atoms with Crippen molar-refractivity contribution in [2.45, 2.75) is 6.61 Å². The van der Waals surface area contributed by atoms with E-state index >= 15 is 0 Å². The van der Waals surface area contributed by atoms with Gasteiger partial charge in [0.05, 0.1) is 26.1 Å². The second kappa shape index (κ2) is 11.3. The summed E-state index contributed by atoms with van der Waals surface area (Å²) >= 11 is 11.6. The van der Waals surface area contributed by atoms with Gasteiger partial charge in [0.25, 0.3) is 0 Å². The summed E-state index contributed by atoms with van der Waals surface area (Å²) in [7, 11) is 1.82. The Hall–Kier alpha value is -1.89. The average Bonchev–Trinajstić information content (AvgIpc) is 2.78. The fraction of sp³-hybridized carbons (Fsp3) is 0.286. The number of anilines is 1. The van der Waals surface area contributed by atoms with E-state index in [9.17, 15) is 14.7 Å². The molecule has 170 valence electrons. The first-order valence-corrected chi connectivity index (χ1v) is 12.3. The molecule has 0 aliphatic carbocycles. The van der Waals surface area contributed by atoms with Crippen LogP contribution >= 0.6 is 50.1 Å². The van der Waals surface area contributed by atoms with Gasteiger partial charge in [-0.1, -0.05) is 64.5 Å². The normalized spacial score (nSPS) is 11.2. The number of carbonyl (C=O) groups excluding carboxylic acids is 1. The van der Waals surface area contributed by atoms with Crippen molar-refractivity contribution in [2.75, 3.05) is 36.1 Å². The van der Waals surface area contributed by atoms with Crippen LogP contribution in [0.15, 0.2) is 45.7 Å². The Morgan fingerprint density at radius 2 is 2.03 bits per heavy atom. The van der Waals surface area contributed by atoms with E-state index in [0.717, 1.165) is 5.56 Å². The zero-order valence-electron chi connectivity index (χ0n) is 17.1. The minimum absolute atomic E-state index is 0.130. The van der Waals surface area contributed by atoms with Gasteiger partial charge in [-0.15, -0.1) is 0 Å². The van der Waals surface area contributed by atoms with E-state index in [1.165, 1.54) is 0 Å². The lowest BCUT2D eigenvalue weighted by atomic mass is 10.2. The molecule has 2 aromatic carbocycles. The lowest BCUT2D eigenvalue weighted by Gasteiger charge is -2.25. The number of phenolic OH excluding ortho intramolecular Hbond substituents is 1. The number of aromatic nitrogens is 2. The molecular formula is C21H21BrClIN4O4. The molecule has 2 N–H and O–H groups in total. The van der Waals surface area contributed by atoms with E-state index in [-0.39, 0.29) is 30.4 Å². The molecule has 32 heavy (non-hydrogen) atoms. The first kappa shape index (κ1) is 24.7. The maximum atomic E-state index is 12.2. The number of esters is 1. The predicted molar refractivity (Wildman–Crippen MR) is 137 cm³/mol. The monoisotopic (exact) mass is 634 g/mol. The first-order valence-electron chi connectivity index (χ1n) is 9.60. The molecular weight excluding hydrogens is 615 g/mol. The third-order valence-corrected chi connectivity index (χ3v) is 6.86. The number of hydrogen-bond acceptors (Lipinski definition) is 7. The van der Waals surface area contributed by atoms with Crippen LogP contribution in [-0.2, 0) is 16.1 Å². The van der Waals surface area contributed by atoms with Gasteiger partial charge in [-0.3, -0.25) is 9.69 Å². The number of hydrogen-bond donors (Lipinski definition) is 2. The Bertz CT molecular complexity index is 1160. The third-order valence-electron chi connectivity index (χ3n) is 4.71. The molecule has 3 rings (SSSR count). The van der Waals surface area contributed by atoms with Crippen LogP contribution in [0.3, 0.4) is 0 Å². The Kier molecular flexibility index (Phi) is 8.74. The molecule has 8 nitrogen and oxygen atoms in total. The minimum atomic E-state index is -0.579. The van der Waals surface area contributed by atoms with Gasteiger partial charge in [0.15, 0.2) is 5.75 Å². The molecule has 0 atom stereocenters. The number of nitrogens with one attached hydrogen (secondary N) is 1. The van der Waals surface area contributed by atoms with E-state index in [4.69, 9.17) is 16.3 Å². The van der Waals surface area contributed by atoms with Crippen LogP contribution in [0.5, 0.6) is 5.75 Å². The number of ether oxygens (including phenoxy) is 1. The molecule has 0 amide bonds. The molecule has 0 aliphatic rings. The second-order valence-electron chi connectivity index (χ2n) is 7.08. The van der Waals surface area contributed by atoms with Crippen LogP contribution in [0.4, 0.5) is 5.82 Å². The standard InChI is InChI=1S/C21H21BrClIN4O4/c1-27(10-16(29)32-11-13-5-3-2-4-6-13)7-8-28(12-24)20-14-9-15(23)17(22)19(30)18(14)25-21(31)26-20/h2-6,9,30H,7-8,10-12H2,1H3,(H,25,26,31). The summed E-state index contributed by atoms with van der Waals surface area (Å²) in [6, 6.07) is 11.1. The average molecular weight is 636 g/mol. The van der Waals surface area contributed by atoms with Crippen molar-refractivity contribution in [1.82, 2.24) is 14.9 Å². The van der Waals surface area contributed by atoms with Gasteiger partial charge in [-0.25, -0.2) is 4.79 Å². The molecule has 0 saturated heterocycles. The van der Waals surface area contributed by atoms with Gasteiger partial charge in [0.2, 0.25) is 0 Å². The fourth-order valence-corrected chi connectivity index (χ4v) is 4.22. The molecule has 0 radical (unpaired) electrons. The first-order chi connectivity index (χ1) is 15.3. The highest BCUT2D eigenvalue weighted by Gasteiger charge is 2.19. The summed E-state index contributed by atoms with van der Waals surface area (Å²) in [6.07, 6.45) is 0. The van der Waals surface area contributed by atoms with E-state index in [1.54, 1.807) is 6.07 Å². The maximum absolute atomic E-state index is 12.2. The van der Waals surface area contributed by atoms with Crippen molar-refractivity contribution >= 4 is 72.8 Å². The molecule has 0 unspecified atom stereocenters. The zero-order chi connectivity index (χ0) is 23.3. The second-order valence-corrected chi connectivity index (χ2v) is 8.96. The van der Waals surface area contributed by atoms with E-state index in [2.05, 4.69) is 48.5 Å². The fourth-order valence-electron chi connectivity index (χ4n) is 3.04. The number of carbonyl (C=O) groups is 1. The van der Waals surface area contributed by atoms with Gasteiger partial charge in [-0.2, -0.15) is 4.98 Å². The zero-order valence-corrected chi connectivity index (χ0v) is 21.6. The predicted octanol–water partition coefficient (Wildman–Crippen LogP) is 3.92. The molecule has 3 aromatic rings. The van der Waals surface area contributed by atoms with Crippen molar-refractivity contribution in [3.05, 3.63) is 61.9 Å². The maximum Gasteiger partial charge on any atom is 0.347 e. The summed E-state index contributed by atoms with van der Waals surface area (Å²) in [5, 5.41) is 11.2. The van der Waals surface area contributed by atoms with Crippen LogP contribution in [-0.4, -0.2) is 57.2 Å². The number of phenols is 1. The van der Waals surface area contributed by atoms with Gasteiger partial charge in [0, 0.05) is 18.5 Å². The quantitative estimate of drug-likeness (QED) is 0.159. The number of rotatable bonds is 9. The lowest BCUT2D eigenvalue weighted by Crippen LogP contribution is -2.36. The van der Waals surface area contributed by atoms with Crippen LogP contribution in [0.25, 0.3) is 10.9 Å². The smallest absolute Gasteiger partial charge is 0.347 e. The number of aromatic hydroxyl groups is 1. The Morgan fingerprint density at radius 3 is 2.72 bits per heavy atom. The number of nitrogens with zero attached hydrogens (tertiary/aromatic N) is 3. The molecule has 0 saturated carbocycles. The summed E-state index contributed by atoms with van der Waals surface area (Å²) < 4.78 is 6.16. The largest absolute Gasteiger partial charge is 0.505 e. The number of likely N-dealkylation sites (N-methyl/N-ethyl adjacent to an activating group) is 1. The van der Waals surface area contributed by atoms with Crippen LogP contribution in [0.1, 0.15) is 5.56 Å². The van der Waals surface area contributed by atoms with Crippen LogP contribution < -0.4 is 10.6 Å². The summed E-state index contributed by atoms with van der Waals surface area (Å²) in [5.41, 5.74) is 0.606. The molecule has 1 aromatic heterocycles. The molecule has 11 heteroatoms. The topological polar surface area (TPSA) is 98.8 Å². The molecule has 0 aliphatic heterocycles. The highest BCUT2D eigenvalue weighted by atomic mass is 127. The van der Waals surface area contributed by atoms with Gasteiger partial charge >= 0.3 is 11.7 Å². The number of alkyl halides is 1. The van der Waals surface area contributed by atoms with Crippen molar-refractivity contribution in [1.29, 1.82) is 0 Å². The van der Waals surface area contributed by atoms with Crippen molar-refractivity contribution in [3.63, 3.8) is 0 Å². The minimum Gasteiger partial charge on any atom is -0.505 e. The number of aromatic amines is 1. The van der Waals surface area contributed by atoms with Crippen LogP contribution in [0.2, 0.25) is 5.02 Å². The SMILES string of the molecule is CN(CCN(CI)c1nc(=O)[nH]c2c(O)c(Br)c(Cl)cc12)CC(=O)OCc1ccccc1. The Balaban J connectivity index is 1.67. The van der Waals surface area contributed by atoms with Crippen molar-refractivity contribution < 1.29 is 14.6 Å². The van der Waals surface area contributed by atoms with E-state index < -0.39 is 5.69 Å². The lowest BCUT2D eigenvalue weighted by molar-refractivity contribution is -0.145. The number of H-pyrrole nitrogens is 1. The summed E-state index contributed by atoms with van der Waals surface area (Å²) in [5.74, 6) is -0.0681. The Morgan fingerprint density at radius 1 is 1.31 bits per heavy atom. The van der Waals surface area contributed by atoms with E-state index in [0.29, 0.717) is 38.3 Å². The summed E-state index contributed by atoms with van der Waals surface area (Å²) in [6.45, 7) is 1.38. The summed E-state index contributed by atoms with van der Waals surface area (Å²) in [4.78, 5) is 34.7. The molecule has 0 fully saturated rings. The molecule has 0 spiro atoms. The third kappa shape index (κ3) is 6.12. The highest BCUT2D eigenvalue weighted by Crippen LogP contribution is 2.39.